The van der Waals surface area contributed by atoms with Crippen LogP contribution in [0.5, 0.6) is 0 Å². The molecule has 0 atom stereocenters. The van der Waals surface area contributed by atoms with E-state index in [1.165, 1.54) is 12.1 Å². The van der Waals surface area contributed by atoms with E-state index in [0.717, 1.165) is 23.0 Å². The number of hydroxylamine groups is 1. The van der Waals surface area contributed by atoms with Gasteiger partial charge in [0.15, 0.2) is 0 Å². The third-order valence-electron chi connectivity index (χ3n) is 5.26. The second-order valence-electron chi connectivity index (χ2n) is 8.78. The maximum Gasteiger partial charge on any atom is 0.272 e. The molecule has 9 nitrogen and oxygen atoms in total. The minimum Gasteiger partial charge on any atom is -0.348 e. The second kappa shape index (κ2) is 11.7. The van der Waals surface area contributed by atoms with Gasteiger partial charge in [-0.25, -0.2) is 4.39 Å². The van der Waals surface area contributed by atoms with Gasteiger partial charge in [0.25, 0.3) is 11.6 Å². The van der Waals surface area contributed by atoms with Gasteiger partial charge in [0.05, 0.1) is 29.2 Å². The van der Waals surface area contributed by atoms with Gasteiger partial charge in [-0.05, 0) is 49.1 Å². The van der Waals surface area contributed by atoms with Crippen LogP contribution in [0.15, 0.2) is 48.8 Å². The number of nitro groups is 1. The van der Waals surface area contributed by atoms with Crippen LogP contribution >= 0.6 is 0 Å². The molecule has 0 fully saturated rings. The number of benzene rings is 1. The maximum absolute atomic E-state index is 13.8. The number of non-ortho nitro benzene ring substituents is 1. The monoisotopic (exact) mass is 483 g/mol. The quantitative estimate of drug-likeness (QED) is 0.308. The number of hydrogen-bond acceptors (Lipinski definition) is 6. The standard InChI is InChI=1S/C25H30FN5O4/c1-16(2)24-23(25(32)28-13-19-8-20(26)10-21(9-19)31(33)34)11-22(14-29-35-17(3)4)30(24)15-18-6-5-7-27-12-18/h5-12,16-17,29H,13-15H2,1-4H3,(H,28,32). The van der Waals surface area contributed by atoms with E-state index >= 15 is 0 Å². The number of hydrogen-bond donors (Lipinski definition) is 2. The zero-order valence-electron chi connectivity index (χ0n) is 20.2. The molecule has 35 heavy (non-hydrogen) atoms. The average molecular weight is 484 g/mol. The average Bonchev–Trinajstić information content (AvgIpc) is 3.16. The summed E-state index contributed by atoms with van der Waals surface area (Å²) in [7, 11) is 0. The second-order valence-corrected chi connectivity index (χ2v) is 8.78. The molecule has 3 aromatic rings. The van der Waals surface area contributed by atoms with Crippen molar-refractivity contribution in [2.45, 2.75) is 59.4 Å². The summed E-state index contributed by atoms with van der Waals surface area (Å²) in [6, 6.07) is 8.90. The number of nitro benzene ring substituents is 1. The van der Waals surface area contributed by atoms with Crippen molar-refractivity contribution in [3.05, 3.63) is 92.8 Å². The highest BCUT2D eigenvalue weighted by atomic mass is 19.1. The Balaban J connectivity index is 1.90. The zero-order chi connectivity index (χ0) is 25.5. The number of aromatic nitrogens is 2. The number of amides is 1. The van der Waals surface area contributed by atoms with Crippen molar-refractivity contribution in [2.24, 2.45) is 0 Å². The first-order valence-electron chi connectivity index (χ1n) is 11.4. The van der Waals surface area contributed by atoms with Gasteiger partial charge in [-0.1, -0.05) is 19.9 Å². The molecule has 2 heterocycles. The minimum absolute atomic E-state index is 0.0144. The van der Waals surface area contributed by atoms with Gasteiger partial charge in [0.2, 0.25) is 0 Å². The highest BCUT2D eigenvalue weighted by Gasteiger charge is 2.23. The molecule has 2 aromatic heterocycles. The first-order chi connectivity index (χ1) is 16.7. The Labute approximate surface area is 203 Å². The summed E-state index contributed by atoms with van der Waals surface area (Å²) < 4.78 is 15.9. The van der Waals surface area contributed by atoms with E-state index in [2.05, 4.69) is 20.3 Å². The molecule has 2 N–H and O–H groups in total. The van der Waals surface area contributed by atoms with Crippen LogP contribution < -0.4 is 10.8 Å². The van der Waals surface area contributed by atoms with Crippen LogP contribution in [0.2, 0.25) is 0 Å². The maximum atomic E-state index is 13.8. The van der Waals surface area contributed by atoms with Crippen LogP contribution in [0, 0.1) is 15.9 Å². The molecular formula is C25H30FN5O4. The lowest BCUT2D eigenvalue weighted by atomic mass is 10.0. The minimum atomic E-state index is -0.729. The van der Waals surface area contributed by atoms with Crippen molar-refractivity contribution in [1.82, 2.24) is 20.3 Å². The number of carbonyl (C=O) groups excluding carboxylic acids is 1. The molecule has 1 amide bonds. The predicted octanol–water partition coefficient (Wildman–Crippen LogP) is 4.46. The summed E-state index contributed by atoms with van der Waals surface area (Å²) in [6.07, 6.45) is 3.47. The molecule has 10 heteroatoms. The Hall–Kier alpha value is -3.63. The predicted molar refractivity (Wildman–Crippen MR) is 129 cm³/mol. The van der Waals surface area contributed by atoms with Crippen LogP contribution in [0.3, 0.4) is 0 Å². The Morgan fingerprint density at radius 3 is 2.57 bits per heavy atom. The van der Waals surface area contributed by atoms with E-state index in [4.69, 9.17) is 4.84 Å². The van der Waals surface area contributed by atoms with E-state index in [1.807, 2.05) is 45.9 Å². The van der Waals surface area contributed by atoms with E-state index in [9.17, 15) is 19.3 Å². The fourth-order valence-corrected chi connectivity index (χ4v) is 3.83. The molecule has 3 rings (SSSR count). The van der Waals surface area contributed by atoms with Crippen LogP contribution in [0.4, 0.5) is 10.1 Å². The number of carbonyl (C=O) groups is 1. The van der Waals surface area contributed by atoms with Gasteiger partial charge in [-0.2, -0.15) is 5.48 Å². The molecule has 1 aromatic carbocycles. The van der Waals surface area contributed by atoms with Crippen LogP contribution in [0.25, 0.3) is 0 Å². The highest BCUT2D eigenvalue weighted by Crippen LogP contribution is 2.26. The summed E-state index contributed by atoms with van der Waals surface area (Å²) in [5, 5.41) is 13.8. The van der Waals surface area contributed by atoms with Gasteiger partial charge in [-0.3, -0.25) is 24.7 Å². The highest BCUT2D eigenvalue weighted by molar-refractivity contribution is 5.96. The van der Waals surface area contributed by atoms with Crippen LogP contribution in [-0.4, -0.2) is 26.5 Å². The lowest BCUT2D eigenvalue weighted by Crippen LogP contribution is -2.24. The molecule has 0 unspecified atom stereocenters. The Morgan fingerprint density at radius 2 is 1.94 bits per heavy atom. The van der Waals surface area contributed by atoms with Gasteiger partial charge < -0.3 is 9.88 Å². The van der Waals surface area contributed by atoms with Crippen molar-refractivity contribution in [2.75, 3.05) is 0 Å². The number of rotatable bonds is 11. The lowest BCUT2D eigenvalue weighted by molar-refractivity contribution is -0.385. The summed E-state index contributed by atoms with van der Waals surface area (Å²) in [5.74, 6) is -1.06. The van der Waals surface area contributed by atoms with Crippen molar-refractivity contribution in [3.8, 4) is 0 Å². The van der Waals surface area contributed by atoms with Gasteiger partial charge in [0, 0.05) is 42.9 Å². The summed E-state index contributed by atoms with van der Waals surface area (Å²) in [4.78, 5) is 33.3. The van der Waals surface area contributed by atoms with Gasteiger partial charge in [0.1, 0.15) is 5.82 Å². The number of halogens is 1. The van der Waals surface area contributed by atoms with Crippen molar-refractivity contribution in [1.29, 1.82) is 0 Å². The first kappa shape index (κ1) is 26.0. The molecule has 0 aliphatic rings. The van der Waals surface area contributed by atoms with Crippen molar-refractivity contribution < 1.29 is 18.9 Å². The summed E-state index contributed by atoms with van der Waals surface area (Å²) in [6.45, 7) is 8.68. The normalized spacial score (nSPS) is 11.3. The third kappa shape index (κ3) is 6.93. The molecule has 0 aliphatic heterocycles. The largest absolute Gasteiger partial charge is 0.348 e. The molecule has 0 saturated carbocycles. The number of nitrogens with zero attached hydrogens (tertiary/aromatic N) is 3. The molecule has 0 spiro atoms. The third-order valence-corrected chi connectivity index (χ3v) is 5.26. The molecule has 0 aliphatic carbocycles. The van der Waals surface area contributed by atoms with Gasteiger partial charge in [-0.15, -0.1) is 0 Å². The van der Waals surface area contributed by atoms with E-state index in [1.54, 1.807) is 12.4 Å². The molecular weight excluding hydrogens is 453 g/mol. The molecule has 0 saturated heterocycles. The molecule has 0 bridgehead atoms. The van der Waals surface area contributed by atoms with E-state index < -0.39 is 10.7 Å². The van der Waals surface area contributed by atoms with Crippen molar-refractivity contribution in [3.63, 3.8) is 0 Å². The Morgan fingerprint density at radius 1 is 1.17 bits per heavy atom. The Bertz CT molecular complexity index is 1180. The Kier molecular flexibility index (Phi) is 8.67. The first-order valence-corrected chi connectivity index (χ1v) is 11.4. The smallest absolute Gasteiger partial charge is 0.272 e. The zero-order valence-corrected chi connectivity index (χ0v) is 20.2. The van der Waals surface area contributed by atoms with Gasteiger partial charge >= 0.3 is 0 Å². The van der Waals surface area contributed by atoms with E-state index in [-0.39, 0.29) is 30.2 Å². The SMILES string of the molecule is CC(C)ONCc1cc(C(=O)NCc2cc(F)cc([N+](=O)[O-])c2)c(C(C)C)n1Cc1cccnc1. The number of pyridine rings is 1. The van der Waals surface area contributed by atoms with Crippen molar-refractivity contribution >= 4 is 11.6 Å². The number of nitrogens with one attached hydrogen (secondary N) is 2. The molecule has 186 valence electrons. The summed E-state index contributed by atoms with van der Waals surface area (Å²) in [5.41, 5.74) is 6.04. The summed E-state index contributed by atoms with van der Waals surface area (Å²) >= 11 is 0. The molecule has 0 radical (unpaired) electrons. The fourth-order valence-electron chi connectivity index (χ4n) is 3.83. The topological polar surface area (TPSA) is 111 Å². The van der Waals surface area contributed by atoms with Crippen LogP contribution in [-0.2, 0) is 24.5 Å². The fraction of sp³-hybridized carbons (Fsp3) is 0.360. The van der Waals surface area contributed by atoms with E-state index in [0.29, 0.717) is 24.2 Å². The van der Waals surface area contributed by atoms with Crippen LogP contribution in [0.1, 0.15) is 66.5 Å². The lowest BCUT2D eigenvalue weighted by Gasteiger charge is -2.18.